The van der Waals surface area contributed by atoms with Crippen molar-refractivity contribution in [2.24, 2.45) is 0 Å². The van der Waals surface area contributed by atoms with E-state index in [-0.39, 0.29) is 11.8 Å². The van der Waals surface area contributed by atoms with Crippen LogP contribution in [0.15, 0.2) is 78.9 Å². The van der Waals surface area contributed by atoms with Crippen LogP contribution in [0.3, 0.4) is 0 Å². The lowest BCUT2D eigenvalue weighted by molar-refractivity contribution is -0.118. The minimum atomic E-state index is -0.0281. The molecule has 0 aliphatic carbocycles. The van der Waals surface area contributed by atoms with E-state index in [9.17, 15) is 4.79 Å². The molecule has 0 bridgehead atoms. The van der Waals surface area contributed by atoms with Gasteiger partial charge in [-0.1, -0.05) is 83.6 Å². The first-order valence-electron chi connectivity index (χ1n) is 11.9. The van der Waals surface area contributed by atoms with Gasteiger partial charge in [0.2, 0.25) is 5.91 Å². The van der Waals surface area contributed by atoms with Crippen LogP contribution in [0.5, 0.6) is 0 Å². The van der Waals surface area contributed by atoms with Crippen molar-refractivity contribution in [1.82, 2.24) is 9.88 Å². The smallest absolute Gasteiger partial charge is 0.229 e. The predicted molar refractivity (Wildman–Crippen MR) is 144 cm³/mol. The average Bonchev–Trinajstić information content (AvgIpc) is 3.32. The van der Waals surface area contributed by atoms with E-state index in [1.807, 2.05) is 59.5 Å². The van der Waals surface area contributed by atoms with E-state index in [1.165, 1.54) is 11.3 Å². The molecule has 3 aromatic carbocycles. The first-order chi connectivity index (χ1) is 17.2. The molecule has 0 unspecified atom stereocenters. The molecule has 1 saturated heterocycles. The number of hydrogen-bond donors (Lipinski definition) is 0. The summed E-state index contributed by atoms with van der Waals surface area (Å²) < 4.78 is 6.48. The molecule has 1 amide bonds. The maximum atomic E-state index is 13.9. The number of ether oxygens (including phenoxy) is 1. The molecule has 1 fully saturated rings. The molecule has 5 rings (SSSR count). The molecule has 4 aromatic rings. The second kappa shape index (κ2) is 11.3. The van der Waals surface area contributed by atoms with Crippen LogP contribution < -0.4 is 4.90 Å². The van der Waals surface area contributed by atoms with Crippen molar-refractivity contribution in [3.63, 3.8) is 0 Å². The van der Waals surface area contributed by atoms with Crippen LogP contribution in [-0.4, -0.2) is 55.2 Å². The molecule has 35 heavy (non-hydrogen) atoms. The monoisotopic (exact) mass is 505 g/mol. The fourth-order valence-electron chi connectivity index (χ4n) is 4.48. The van der Waals surface area contributed by atoms with Crippen molar-refractivity contribution < 1.29 is 9.53 Å². The van der Waals surface area contributed by atoms with Gasteiger partial charge in [-0.3, -0.25) is 14.6 Å². The Balaban J connectivity index is 1.44. The Morgan fingerprint density at radius 2 is 1.66 bits per heavy atom. The van der Waals surface area contributed by atoms with Crippen LogP contribution in [0.25, 0.3) is 10.2 Å². The number of morpholine rings is 1. The topological polar surface area (TPSA) is 45.7 Å². The predicted octanol–water partition coefficient (Wildman–Crippen LogP) is 5.84. The maximum Gasteiger partial charge on any atom is 0.229 e. The highest BCUT2D eigenvalue weighted by atomic mass is 35.5. The SMILES string of the molecule is O=C(CC(c1ccccc1)c1ccccc1)N(CCN1CCOCC1)c1nc2ccc(Cl)cc2s1. The van der Waals surface area contributed by atoms with Gasteiger partial charge in [0.25, 0.3) is 0 Å². The first kappa shape index (κ1) is 23.9. The molecular formula is C28H28ClN3O2S. The number of anilines is 1. The lowest BCUT2D eigenvalue weighted by atomic mass is 9.88. The van der Waals surface area contributed by atoms with Crippen molar-refractivity contribution in [3.05, 3.63) is 95.0 Å². The molecule has 0 N–H and O–H groups in total. The third-order valence-electron chi connectivity index (χ3n) is 6.40. The Labute approximate surface area is 214 Å². The van der Waals surface area contributed by atoms with Crippen LogP contribution in [-0.2, 0) is 9.53 Å². The summed E-state index contributed by atoms with van der Waals surface area (Å²) in [5, 5.41) is 1.40. The number of rotatable bonds is 8. The van der Waals surface area contributed by atoms with Gasteiger partial charge in [0.05, 0.1) is 23.4 Å². The minimum absolute atomic E-state index is 0.0281. The molecule has 5 nitrogen and oxygen atoms in total. The number of hydrogen-bond acceptors (Lipinski definition) is 5. The van der Waals surface area contributed by atoms with Gasteiger partial charge in [-0.15, -0.1) is 0 Å². The second-order valence-corrected chi connectivity index (χ2v) is 10.1. The Kier molecular flexibility index (Phi) is 7.74. The molecule has 0 saturated carbocycles. The molecule has 1 aromatic heterocycles. The highest BCUT2D eigenvalue weighted by molar-refractivity contribution is 7.22. The van der Waals surface area contributed by atoms with E-state index in [1.54, 1.807) is 0 Å². The average molecular weight is 506 g/mol. The summed E-state index contributed by atoms with van der Waals surface area (Å²) in [6.07, 6.45) is 0.369. The molecule has 1 aliphatic heterocycles. The number of fused-ring (bicyclic) bond motifs is 1. The summed E-state index contributed by atoms with van der Waals surface area (Å²) in [7, 11) is 0. The molecular weight excluding hydrogens is 478 g/mol. The Morgan fingerprint density at radius 3 is 2.31 bits per heavy atom. The van der Waals surface area contributed by atoms with Gasteiger partial charge in [-0.25, -0.2) is 4.98 Å². The summed E-state index contributed by atoms with van der Waals surface area (Å²) in [4.78, 5) is 23.0. The fourth-order valence-corrected chi connectivity index (χ4v) is 5.76. The number of carbonyl (C=O) groups is 1. The van der Waals surface area contributed by atoms with Gasteiger partial charge in [0, 0.05) is 43.5 Å². The van der Waals surface area contributed by atoms with Gasteiger partial charge in [0.15, 0.2) is 5.13 Å². The van der Waals surface area contributed by atoms with Crippen molar-refractivity contribution in [2.75, 3.05) is 44.3 Å². The van der Waals surface area contributed by atoms with Crippen molar-refractivity contribution in [1.29, 1.82) is 0 Å². The summed E-state index contributed by atoms with van der Waals surface area (Å²) in [6.45, 7) is 4.60. The number of carbonyl (C=O) groups excluding carboxylic acids is 1. The molecule has 1 aliphatic rings. The van der Waals surface area contributed by atoms with Crippen LogP contribution in [0, 0.1) is 0 Å². The zero-order chi connectivity index (χ0) is 24.0. The summed E-state index contributed by atoms with van der Waals surface area (Å²) >= 11 is 7.74. The van der Waals surface area contributed by atoms with Crippen LogP contribution in [0.2, 0.25) is 5.02 Å². The highest BCUT2D eigenvalue weighted by Gasteiger charge is 2.26. The summed E-state index contributed by atoms with van der Waals surface area (Å²) in [5.74, 6) is 0.0423. The highest BCUT2D eigenvalue weighted by Crippen LogP contribution is 2.33. The lowest BCUT2D eigenvalue weighted by Crippen LogP contribution is -2.43. The maximum absolute atomic E-state index is 13.9. The Morgan fingerprint density at radius 1 is 1.00 bits per heavy atom. The van der Waals surface area contributed by atoms with Gasteiger partial charge >= 0.3 is 0 Å². The molecule has 0 spiro atoms. The van der Waals surface area contributed by atoms with Crippen LogP contribution in [0.4, 0.5) is 5.13 Å². The zero-order valence-electron chi connectivity index (χ0n) is 19.5. The van der Waals surface area contributed by atoms with Crippen molar-refractivity contribution >= 4 is 44.2 Å². The van der Waals surface area contributed by atoms with Crippen LogP contribution in [0.1, 0.15) is 23.5 Å². The van der Waals surface area contributed by atoms with Gasteiger partial charge < -0.3 is 4.74 Å². The number of aromatic nitrogens is 1. The van der Waals surface area contributed by atoms with Gasteiger partial charge in [0.1, 0.15) is 0 Å². The quantitative estimate of drug-likeness (QED) is 0.302. The van der Waals surface area contributed by atoms with E-state index in [2.05, 4.69) is 29.2 Å². The lowest BCUT2D eigenvalue weighted by Gasteiger charge is -2.30. The molecule has 0 radical (unpaired) electrons. The number of amides is 1. The van der Waals surface area contributed by atoms with Crippen LogP contribution >= 0.6 is 22.9 Å². The van der Waals surface area contributed by atoms with E-state index >= 15 is 0 Å². The van der Waals surface area contributed by atoms with Crippen molar-refractivity contribution in [3.8, 4) is 0 Å². The Hall–Kier alpha value is -2.77. The van der Waals surface area contributed by atoms with Crippen molar-refractivity contribution in [2.45, 2.75) is 12.3 Å². The number of halogens is 1. The third-order valence-corrected chi connectivity index (χ3v) is 7.67. The number of thiazole rings is 1. The molecule has 7 heteroatoms. The first-order valence-corrected chi connectivity index (χ1v) is 13.1. The van der Waals surface area contributed by atoms with E-state index in [0.29, 0.717) is 18.0 Å². The largest absolute Gasteiger partial charge is 0.379 e. The second-order valence-electron chi connectivity index (χ2n) is 8.69. The normalized spacial score (nSPS) is 14.5. The van der Waals surface area contributed by atoms with Gasteiger partial charge in [-0.2, -0.15) is 0 Å². The minimum Gasteiger partial charge on any atom is -0.379 e. The number of benzene rings is 3. The Bertz CT molecular complexity index is 1220. The number of nitrogens with zero attached hydrogens (tertiary/aromatic N) is 3. The zero-order valence-corrected chi connectivity index (χ0v) is 21.0. The van der Waals surface area contributed by atoms with Gasteiger partial charge in [-0.05, 0) is 29.3 Å². The standard InChI is InChI=1S/C28H28ClN3O2S/c29-23-11-12-25-26(19-23)35-28(30-25)32(14-13-31-15-17-34-18-16-31)27(33)20-24(21-7-3-1-4-8-21)22-9-5-2-6-10-22/h1-12,19,24H,13-18,20H2. The molecule has 0 atom stereocenters. The third kappa shape index (κ3) is 5.90. The van der Waals surface area contributed by atoms with E-state index < -0.39 is 0 Å². The van der Waals surface area contributed by atoms with E-state index in [0.717, 1.165) is 59.3 Å². The fraction of sp³-hybridized carbons (Fsp3) is 0.286. The summed E-state index contributed by atoms with van der Waals surface area (Å²) in [5.41, 5.74) is 3.13. The van der Waals surface area contributed by atoms with E-state index in [4.69, 9.17) is 21.3 Å². The summed E-state index contributed by atoms with van der Waals surface area (Å²) in [6, 6.07) is 26.2. The molecule has 2 heterocycles. The molecule has 180 valence electrons.